The fourth-order valence-corrected chi connectivity index (χ4v) is 2.43. The van der Waals surface area contributed by atoms with Gasteiger partial charge in [-0.25, -0.2) is 0 Å². The van der Waals surface area contributed by atoms with E-state index in [0.29, 0.717) is 19.1 Å². The number of carbonyl (C=O) groups excluding carboxylic acids is 1. The van der Waals surface area contributed by atoms with Crippen molar-refractivity contribution in [2.75, 3.05) is 19.7 Å². The van der Waals surface area contributed by atoms with Gasteiger partial charge < -0.3 is 15.4 Å². The molecule has 2 N–H and O–H groups in total. The Morgan fingerprint density at radius 2 is 2.10 bits per heavy atom. The number of halogens is 1. The summed E-state index contributed by atoms with van der Waals surface area (Å²) in [5.41, 5.74) is 1.15. The highest BCUT2D eigenvalue weighted by Gasteiger charge is 2.25. The Hall–Kier alpha value is -1.10. The van der Waals surface area contributed by atoms with Crippen LogP contribution in [0.2, 0.25) is 0 Å². The van der Waals surface area contributed by atoms with Crippen molar-refractivity contribution >= 4 is 18.3 Å². The van der Waals surface area contributed by atoms with Crippen LogP contribution in [0.25, 0.3) is 0 Å². The first-order valence-corrected chi connectivity index (χ1v) is 7.34. The molecule has 118 valence electrons. The summed E-state index contributed by atoms with van der Waals surface area (Å²) in [6.07, 6.45) is 0.553. The summed E-state index contributed by atoms with van der Waals surface area (Å²) < 4.78 is 5.51. The van der Waals surface area contributed by atoms with Gasteiger partial charge in [0.05, 0.1) is 12.6 Å². The van der Waals surface area contributed by atoms with Gasteiger partial charge in [-0.15, -0.1) is 12.4 Å². The van der Waals surface area contributed by atoms with E-state index >= 15 is 0 Å². The first-order valence-electron chi connectivity index (χ1n) is 7.34. The van der Waals surface area contributed by atoms with Crippen LogP contribution in [0, 0.1) is 5.92 Å². The highest BCUT2D eigenvalue weighted by molar-refractivity contribution is 5.85. The number of amides is 1. The lowest BCUT2D eigenvalue weighted by molar-refractivity contribution is -0.135. The second-order valence-electron chi connectivity index (χ2n) is 5.66. The van der Waals surface area contributed by atoms with Crippen LogP contribution in [0.1, 0.15) is 31.9 Å². The SMILES string of the molecule is CC(C)CC(NC(=O)C1CNCCO1)c1ccccc1.Cl. The summed E-state index contributed by atoms with van der Waals surface area (Å²) in [5, 5.41) is 6.31. The smallest absolute Gasteiger partial charge is 0.250 e. The van der Waals surface area contributed by atoms with E-state index in [1.54, 1.807) is 0 Å². The van der Waals surface area contributed by atoms with Gasteiger partial charge in [0.25, 0.3) is 5.91 Å². The maximum Gasteiger partial charge on any atom is 0.250 e. The third kappa shape index (κ3) is 5.65. The van der Waals surface area contributed by atoms with Crippen LogP contribution in [-0.2, 0) is 9.53 Å². The molecule has 1 aliphatic heterocycles. The molecule has 2 unspecified atom stereocenters. The summed E-state index contributed by atoms with van der Waals surface area (Å²) in [5.74, 6) is 0.498. The maximum absolute atomic E-state index is 12.3. The Labute approximate surface area is 133 Å². The molecule has 0 bridgehead atoms. The van der Waals surface area contributed by atoms with Crippen molar-refractivity contribution in [2.24, 2.45) is 5.92 Å². The van der Waals surface area contributed by atoms with E-state index in [4.69, 9.17) is 4.74 Å². The molecule has 0 saturated carbocycles. The van der Waals surface area contributed by atoms with Gasteiger partial charge in [0.2, 0.25) is 0 Å². The molecule has 5 heteroatoms. The predicted molar refractivity (Wildman–Crippen MR) is 86.6 cm³/mol. The first-order chi connectivity index (χ1) is 9.66. The number of hydrogen-bond donors (Lipinski definition) is 2. The lowest BCUT2D eigenvalue weighted by Gasteiger charge is -2.27. The molecule has 1 aliphatic rings. The standard InChI is InChI=1S/C16H24N2O2.ClH/c1-12(2)10-14(13-6-4-3-5-7-13)18-16(19)15-11-17-8-9-20-15;/h3-7,12,14-15,17H,8-11H2,1-2H3,(H,18,19);1H. The van der Waals surface area contributed by atoms with Crippen molar-refractivity contribution in [3.8, 4) is 0 Å². The molecule has 0 aromatic heterocycles. The lowest BCUT2D eigenvalue weighted by Crippen LogP contribution is -2.48. The van der Waals surface area contributed by atoms with Gasteiger partial charge in [0.1, 0.15) is 6.10 Å². The molecule has 4 nitrogen and oxygen atoms in total. The van der Waals surface area contributed by atoms with Gasteiger partial charge in [-0.3, -0.25) is 4.79 Å². The highest BCUT2D eigenvalue weighted by Crippen LogP contribution is 2.21. The normalized spacial score (nSPS) is 19.7. The van der Waals surface area contributed by atoms with E-state index in [9.17, 15) is 4.79 Å². The predicted octanol–water partition coefficient (Wildman–Crippen LogP) is 2.30. The van der Waals surface area contributed by atoms with Gasteiger partial charge >= 0.3 is 0 Å². The highest BCUT2D eigenvalue weighted by atomic mass is 35.5. The Bertz CT molecular complexity index is 420. The molecule has 1 aromatic rings. The van der Waals surface area contributed by atoms with E-state index in [1.165, 1.54) is 0 Å². The third-order valence-corrected chi connectivity index (χ3v) is 3.45. The molecule has 2 rings (SSSR count). The van der Waals surface area contributed by atoms with Crippen molar-refractivity contribution < 1.29 is 9.53 Å². The number of carbonyl (C=O) groups is 1. The summed E-state index contributed by atoms with van der Waals surface area (Å²) in [6, 6.07) is 10.2. The third-order valence-electron chi connectivity index (χ3n) is 3.45. The topological polar surface area (TPSA) is 50.4 Å². The number of benzene rings is 1. The van der Waals surface area contributed by atoms with Crippen molar-refractivity contribution in [3.05, 3.63) is 35.9 Å². The van der Waals surface area contributed by atoms with E-state index in [0.717, 1.165) is 18.5 Å². The van der Waals surface area contributed by atoms with Crippen LogP contribution in [0.3, 0.4) is 0 Å². The first kappa shape index (κ1) is 18.0. The molecule has 1 aromatic carbocycles. The van der Waals surface area contributed by atoms with Crippen LogP contribution in [0.5, 0.6) is 0 Å². The maximum atomic E-state index is 12.3. The second-order valence-corrected chi connectivity index (χ2v) is 5.66. The molecule has 0 spiro atoms. The minimum absolute atomic E-state index is 0. The molecular weight excluding hydrogens is 288 g/mol. The number of hydrogen-bond acceptors (Lipinski definition) is 3. The van der Waals surface area contributed by atoms with Gasteiger partial charge in [-0.1, -0.05) is 44.2 Å². The van der Waals surface area contributed by atoms with E-state index < -0.39 is 0 Å². The second kappa shape index (κ2) is 9.03. The van der Waals surface area contributed by atoms with Crippen LogP contribution < -0.4 is 10.6 Å². The minimum Gasteiger partial charge on any atom is -0.366 e. The molecule has 0 radical (unpaired) electrons. The molecule has 1 amide bonds. The fourth-order valence-electron chi connectivity index (χ4n) is 2.43. The van der Waals surface area contributed by atoms with Crippen LogP contribution >= 0.6 is 12.4 Å². The van der Waals surface area contributed by atoms with Crippen LogP contribution in [0.15, 0.2) is 30.3 Å². The average molecular weight is 313 g/mol. The Kier molecular flexibility index (Phi) is 7.72. The zero-order valence-electron chi connectivity index (χ0n) is 12.7. The minimum atomic E-state index is -0.373. The van der Waals surface area contributed by atoms with Gasteiger partial charge in [-0.2, -0.15) is 0 Å². The molecule has 1 saturated heterocycles. The summed E-state index contributed by atoms with van der Waals surface area (Å²) in [6.45, 7) is 6.34. The van der Waals surface area contributed by atoms with Crippen molar-refractivity contribution in [1.29, 1.82) is 0 Å². The zero-order chi connectivity index (χ0) is 14.4. The zero-order valence-corrected chi connectivity index (χ0v) is 13.5. The number of nitrogens with one attached hydrogen (secondary N) is 2. The average Bonchev–Trinajstić information content (AvgIpc) is 2.48. The largest absolute Gasteiger partial charge is 0.366 e. The monoisotopic (exact) mass is 312 g/mol. The van der Waals surface area contributed by atoms with Crippen molar-refractivity contribution in [1.82, 2.24) is 10.6 Å². The van der Waals surface area contributed by atoms with Gasteiger partial charge in [-0.05, 0) is 17.9 Å². The van der Waals surface area contributed by atoms with Crippen LogP contribution in [-0.4, -0.2) is 31.7 Å². The summed E-state index contributed by atoms with van der Waals surface area (Å²) in [7, 11) is 0. The summed E-state index contributed by atoms with van der Waals surface area (Å²) in [4.78, 5) is 12.3. The molecule has 21 heavy (non-hydrogen) atoms. The van der Waals surface area contributed by atoms with Crippen LogP contribution in [0.4, 0.5) is 0 Å². The van der Waals surface area contributed by atoms with E-state index in [2.05, 4.69) is 36.6 Å². The van der Waals surface area contributed by atoms with E-state index in [1.807, 2.05) is 18.2 Å². The molecular formula is C16H25ClN2O2. The van der Waals surface area contributed by atoms with Crippen molar-refractivity contribution in [3.63, 3.8) is 0 Å². The summed E-state index contributed by atoms with van der Waals surface area (Å²) >= 11 is 0. The Morgan fingerprint density at radius 1 is 1.38 bits per heavy atom. The molecule has 2 atom stereocenters. The number of ether oxygens (including phenoxy) is 1. The number of rotatable bonds is 5. The number of morpholine rings is 1. The Morgan fingerprint density at radius 3 is 2.67 bits per heavy atom. The quantitative estimate of drug-likeness (QED) is 0.877. The van der Waals surface area contributed by atoms with Gasteiger partial charge in [0, 0.05) is 13.1 Å². The molecule has 1 fully saturated rings. The fraction of sp³-hybridized carbons (Fsp3) is 0.562. The Balaban J connectivity index is 0.00000220. The molecule has 0 aliphatic carbocycles. The van der Waals surface area contributed by atoms with E-state index in [-0.39, 0.29) is 30.5 Å². The molecule has 1 heterocycles. The lowest BCUT2D eigenvalue weighted by atomic mass is 9.97. The van der Waals surface area contributed by atoms with Gasteiger partial charge in [0.15, 0.2) is 0 Å². The van der Waals surface area contributed by atoms with Crippen molar-refractivity contribution in [2.45, 2.75) is 32.4 Å².